The number of aromatic nitrogens is 1. The van der Waals surface area contributed by atoms with Crippen molar-refractivity contribution in [3.8, 4) is 11.1 Å². The van der Waals surface area contributed by atoms with E-state index in [-0.39, 0.29) is 5.91 Å². The Morgan fingerprint density at radius 2 is 1.47 bits per heavy atom. The summed E-state index contributed by atoms with van der Waals surface area (Å²) in [7, 11) is 4.30. The average molecular weight is 662 g/mol. The van der Waals surface area contributed by atoms with E-state index in [1.165, 1.54) is 17.5 Å². The summed E-state index contributed by atoms with van der Waals surface area (Å²) in [6.07, 6.45) is -4.64. The van der Waals surface area contributed by atoms with Crippen LogP contribution < -0.4 is 4.90 Å². The molecule has 5 rings (SSSR count). The third kappa shape index (κ3) is 9.72. The van der Waals surface area contributed by atoms with E-state index in [9.17, 15) is 31.1 Å². The van der Waals surface area contributed by atoms with Gasteiger partial charge < -0.3 is 24.6 Å². The molecule has 0 bridgehead atoms. The topological polar surface area (TPSA) is 103 Å². The van der Waals surface area contributed by atoms with Gasteiger partial charge in [-0.05, 0) is 86.3 Å². The number of aryl methyl sites for hydroxylation is 1. The van der Waals surface area contributed by atoms with Gasteiger partial charge in [0.2, 0.25) is 0 Å². The number of nitrogens with zero attached hydrogens (tertiary/aromatic N) is 3. The highest BCUT2D eigenvalue weighted by Crippen LogP contribution is 2.32. The summed E-state index contributed by atoms with van der Waals surface area (Å²) >= 11 is 6.02. The molecular formula is C30H30ClF6N3O5. The number of rotatable bonds is 4. The second-order valence-corrected chi connectivity index (χ2v) is 11.1. The van der Waals surface area contributed by atoms with Gasteiger partial charge in [0.25, 0.3) is 5.91 Å². The van der Waals surface area contributed by atoms with Crippen LogP contribution in [0, 0.1) is 5.92 Å². The largest absolute Gasteiger partial charge is 0.490 e. The summed E-state index contributed by atoms with van der Waals surface area (Å²) in [5.74, 6) is -4.72. The number of alkyl halides is 6. The molecule has 244 valence electrons. The summed E-state index contributed by atoms with van der Waals surface area (Å²) in [6.45, 7) is 2.64. The summed E-state index contributed by atoms with van der Waals surface area (Å²) in [4.78, 5) is 35.3. The number of carbonyl (C=O) groups excluding carboxylic acids is 1. The van der Waals surface area contributed by atoms with Crippen molar-refractivity contribution in [3.63, 3.8) is 0 Å². The van der Waals surface area contributed by atoms with Crippen molar-refractivity contribution < 1.29 is 50.9 Å². The van der Waals surface area contributed by atoms with Crippen molar-refractivity contribution in [3.05, 3.63) is 76.6 Å². The fourth-order valence-corrected chi connectivity index (χ4v) is 5.15. The third-order valence-corrected chi connectivity index (χ3v) is 7.30. The maximum atomic E-state index is 13.3. The van der Waals surface area contributed by atoms with Crippen LogP contribution in [0.4, 0.5) is 32.0 Å². The van der Waals surface area contributed by atoms with Gasteiger partial charge in [-0.2, -0.15) is 26.3 Å². The van der Waals surface area contributed by atoms with E-state index in [1.807, 2.05) is 35.2 Å². The number of hydrogen-bond acceptors (Lipinski definition) is 4. The van der Waals surface area contributed by atoms with Crippen LogP contribution in [0.5, 0.6) is 0 Å². The summed E-state index contributed by atoms with van der Waals surface area (Å²) < 4.78 is 65.5. The van der Waals surface area contributed by atoms with Crippen molar-refractivity contribution in [2.75, 3.05) is 32.1 Å². The normalized spacial score (nSPS) is 16.1. The molecule has 1 atom stereocenters. The molecule has 1 unspecified atom stereocenters. The molecule has 0 radical (unpaired) electrons. The lowest BCUT2D eigenvalue weighted by Gasteiger charge is -2.31. The molecule has 1 aliphatic carbocycles. The SMILES string of the molecule is CN(C)CC1CCc2cc(N3CCn4cc(-c5ccc(Cl)cc5)cc4C3=O)ccc2C1.O=C(O)C(F)(F)F.O=C(O)C(F)(F)F. The third-order valence-electron chi connectivity index (χ3n) is 7.04. The van der Waals surface area contributed by atoms with Gasteiger partial charge in [0.15, 0.2) is 0 Å². The average Bonchev–Trinajstić information content (AvgIpc) is 3.38. The first kappa shape index (κ1) is 35.4. The second-order valence-electron chi connectivity index (χ2n) is 10.7. The molecular weight excluding hydrogens is 632 g/mol. The molecule has 2 heterocycles. The molecule has 1 aromatic heterocycles. The van der Waals surface area contributed by atoms with Crippen molar-refractivity contribution in [2.45, 2.75) is 38.2 Å². The summed E-state index contributed by atoms with van der Waals surface area (Å²) in [5.41, 5.74) is 6.75. The van der Waals surface area contributed by atoms with Crippen molar-refractivity contribution in [2.24, 2.45) is 5.92 Å². The Hall–Kier alpha value is -4.04. The molecule has 0 saturated heterocycles. The molecule has 0 fully saturated rings. The van der Waals surface area contributed by atoms with Crippen LogP contribution >= 0.6 is 11.6 Å². The Balaban J connectivity index is 0.000000331. The lowest BCUT2D eigenvalue weighted by molar-refractivity contribution is -0.193. The highest BCUT2D eigenvalue weighted by atomic mass is 35.5. The van der Waals surface area contributed by atoms with Gasteiger partial charge in [-0.25, -0.2) is 9.59 Å². The van der Waals surface area contributed by atoms with Crippen LogP contribution in [0.15, 0.2) is 54.7 Å². The number of benzene rings is 2. The van der Waals surface area contributed by atoms with Crippen LogP contribution in [-0.2, 0) is 29.0 Å². The lowest BCUT2D eigenvalue weighted by Crippen LogP contribution is -2.40. The van der Waals surface area contributed by atoms with Crippen molar-refractivity contribution in [1.82, 2.24) is 9.47 Å². The Bertz CT molecular complexity index is 1500. The van der Waals surface area contributed by atoms with Crippen molar-refractivity contribution >= 4 is 35.1 Å². The molecule has 0 spiro atoms. The molecule has 1 amide bonds. The van der Waals surface area contributed by atoms with Gasteiger partial charge >= 0.3 is 24.3 Å². The maximum absolute atomic E-state index is 13.3. The number of amides is 1. The van der Waals surface area contributed by atoms with E-state index >= 15 is 0 Å². The smallest absolute Gasteiger partial charge is 0.475 e. The Morgan fingerprint density at radius 1 is 0.889 bits per heavy atom. The number of carbonyl (C=O) groups is 3. The number of halogens is 7. The molecule has 3 aromatic rings. The predicted molar refractivity (Wildman–Crippen MR) is 154 cm³/mol. The standard InChI is InChI=1S/C26H28ClN3O.2C2HF3O2/c1-28(2)16-18-3-4-21-14-24(10-7-20(21)13-18)30-12-11-29-17-22(15-25(29)26(30)31)19-5-8-23(27)9-6-19;2*3-2(4,5)1(6)7/h5-10,14-15,17-18H,3-4,11-13,16H2,1-2H3;2*(H,6,7). The molecule has 8 nitrogen and oxygen atoms in total. The number of hydrogen-bond donors (Lipinski definition) is 2. The number of anilines is 1. The molecule has 2 aromatic carbocycles. The first-order chi connectivity index (χ1) is 20.9. The fraction of sp³-hybridized carbons (Fsp3) is 0.367. The first-order valence-corrected chi connectivity index (χ1v) is 13.9. The zero-order valence-electron chi connectivity index (χ0n) is 24.1. The van der Waals surface area contributed by atoms with E-state index in [2.05, 4.69) is 48.0 Å². The van der Waals surface area contributed by atoms with Crippen molar-refractivity contribution in [1.29, 1.82) is 0 Å². The lowest BCUT2D eigenvalue weighted by atomic mass is 9.83. The minimum atomic E-state index is -5.08. The van der Waals surface area contributed by atoms with Crippen LogP contribution in [0.1, 0.15) is 28.0 Å². The van der Waals surface area contributed by atoms with Crippen LogP contribution in [-0.4, -0.2) is 77.1 Å². The van der Waals surface area contributed by atoms with Gasteiger partial charge in [-0.15, -0.1) is 0 Å². The van der Waals surface area contributed by atoms with E-state index < -0.39 is 24.3 Å². The van der Waals surface area contributed by atoms with Gasteiger partial charge in [-0.3, -0.25) is 4.79 Å². The zero-order valence-corrected chi connectivity index (χ0v) is 24.9. The molecule has 0 saturated carbocycles. The highest BCUT2D eigenvalue weighted by Gasteiger charge is 2.39. The monoisotopic (exact) mass is 661 g/mol. The van der Waals surface area contributed by atoms with Gasteiger partial charge in [0.05, 0.1) is 0 Å². The molecule has 45 heavy (non-hydrogen) atoms. The van der Waals surface area contributed by atoms with Crippen LogP contribution in [0.3, 0.4) is 0 Å². The summed E-state index contributed by atoms with van der Waals surface area (Å²) in [5, 5.41) is 15.0. The Labute approximate surface area is 259 Å². The Kier molecular flexibility index (Phi) is 11.3. The van der Waals surface area contributed by atoms with E-state index in [1.54, 1.807) is 0 Å². The van der Waals surface area contributed by atoms with Gasteiger partial charge in [0, 0.05) is 42.1 Å². The minimum absolute atomic E-state index is 0.0766. The first-order valence-electron chi connectivity index (χ1n) is 13.5. The van der Waals surface area contributed by atoms with Gasteiger partial charge in [-0.1, -0.05) is 29.8 Å². The highest BCUT2D eigenvalue weighted by molar-refractivity contribution is 6.30. The van der Waals surface area contributed by atoms with Crippen LogP contribution in [0.2, 0.25) is 5.02 Å². The van der Waals surface area contributed by atoms with Gasteiger partial charge in [0.1, 0.15) is 5.69 Å². The quantitative estimate of drug-likeness (QED) is 0.314. The number of carboxylic acid groups (broad SMARTS) is 2. The zero-order chi connectivity index (χ0) is 33.7. The molecule has 2 aliphatic rings. The molecule has 1 aliphatic heterocycles. The summed E-state index contributed by atoms with van der Waals surface area (Å²) in [6, 6.07) is 16.4. The van der Waals surface area contributed by atoms with E-state index in [4.69, 9.17) is 31.4 Å². The fourth-order valence-electron chi connectivity index (χ4n) is 5.03. The minimum Gasteiger partial charge on any atom is -0.475 e. The number of carboxylic acids is 2. The number of fused-ring (bicyclic) bond motifs is 2. The van der Waals surface area contributed by atoms with E-state index in [0.29, 0.717) is 6.54 Å². The molecule has 15 heteroatoms. The second kappa shape index (κ2) is 14.4. The maximum Gasteiger partial charge on any atom is 0.490 e. The number of aliphatic carboxylic acids is 2. The predicted octanol–water partition coefficient (Wildman–Crippen LogP) is 6.40. The van der Waals surface area contributed by atoms with E-state index in [0.717, 1.165) is 59.4 Å². The Morgan fingerprint density at radius 3 is 2.00 bits per heavy atom. The van der Waals surface area contributed by atoms with Crippen LogP contribution in [0.25, 0.3) is 11.1 Å². The molecule has 2 N–H and O–H groups in total.